The highest BCUT2D eigenvalue weighted by atomic mass is 14.9. The molecule has 21 heavy (non-hydrogen) atoms. The summed E-state index contributed by atoms with van der Waals surface area (Å²) in [5, 5.41) is 3.86. The molecule has 1 nitrogen and oxygen atoms in total. The second-order valence-electron chi connectivity index (χ2n) is 7.21. The van der Waals surface area contributed by atoms with Gasteiger partial charge in [0.25, 0.3) is 0 Å². The summed E-state index contributed by atoms with van der Waals surface area (Å²) in [6, 6.07) is 11.9. The minimum absolute atomic E-state index is 0.760. The molecule has 0 saturated heterocycles. The molecule has 0 radical (unpaired) electrons. The fourth-order valence-corrected chi connectivity index (χ4v) is 4.25. The molecule has 0 bridgehead atoms. The van der Waals surface area contributed by atoms with E-state index in [0.717, 1.165) is 23.8 Å². The Kier molecular flexibility index (Phi) is 5.35. The first-order valence-electron chi connectivity index (χ1n) is 9.16. The maximum Gasteiger partial charge on any atom is 0.0101 e. The third kappa shape index (κ3) is 4.10. The molecule has 0 aliphatic heterocycles. The Morgan fingerprint density at radius 1 is 1.14 bits per heavy atom. The van der Waals surface area contributed by atoms with Crippen LogP contribution in [0, 0.1) is 11.8 Å². The van der Waals surface area contributed by atoms with Crippen molar-refractivity contribution >= 4 is 0 Å². The highest BCUT2D eigenvalue weighted by Crippen LogP contribution is 2.50. The molecule has 1 heteroatoms. The highest BCUT2D eigenvalue weighted by Gasteiger charge is 2.43. The topological polar surface area (TPSA) is 12.0 Å². The van der Waals surface area contributed by atoms with Gasteiger partial charge in [-0.05, 0) is 55.5 Å². The summed E-state index contributed by atoms with van der Waals surface area (Å²) in [6.07, 6.45) is 11.5. The summed E-state index contributed by atoms with van der Waals surface area (Å²) in [5.41, 5.74) is 1.56. The third-order valence-electron chi connectivity index (χ3n) is 5.60. The molecule has 116 valence electrons. The van der Waals surface area contributed by atoms with Crippen LogP contribution in [0.5, 0.6) is 0 Å². The fraction of sp³-hybridized carbons (Fsp3) is 0.700. The zero-order valence-electron chi connectivity index (χ0n) is 13.6. The summed E-state index contributed by atoms with van der Waals surface area (Å²) in [7, 11) is 0. The van der Waals surface area contributed by atoms with Crippen LogP contribution in [0.15, 0.2) is 30.3 Å². The normalized spacial score (nSPS) is 26.9. The molecular weight excluding hydrogens is 254 g/mol. The van der Waals surface area contributed by atoms with Crippen molar-refractivity contribution in [2.24, 2.45) is 11.8 Å². The van der Waals surface area contributed by atoms with Gasteiger partial charge in [-0.15, -0.1) is 0 Å². The lowest BCUT2D eigenvalue weighted by Crippen LogP contribution is -2.32. The Morgan fingerprint density at radius 2 is 1.90 bits per heavy atom. The molecule has 2 aliphatic carbocycles. The van der Waals surface area contributed by atoms with E-state index in [-0.39, 0.29) is 0 Å². The predicted molar refractivity (Wildman–Crippen MR) is 90.6 cm³/mol. The molecule has 3 rings (SSSR count). The summed E-state index contributed by atoms with van der Waals surface area (Å²) < 4.78 is 0. The van der Waals surface area contributed by atoms with Gasteiger partial charge in [0.1, 0.15) is 0 Å². The van der Waals surface area contributed by atoms with Crippen LogP contribution in [0.25, 0.3) is 0 Å². The van der Waals surface area contributed by atoms with Gasteiger partial charge in [0.05, 0.1) is 0 Å². The van der Waals surface area contributed by atoms with Crippen LogP contribution in [0.1, 0.15) is 69.8 Å². The average molecular weight is 285 g/mol. The van der Waals surface area contributed by atoms with Gasteiger partial charge in [0, 0.05) is 6.04 Å². The molecule has 3 unspecified atom stereocenters. The Balaban J connectivity index is 1.52. The monoisotopic (exact) mass is 285 g/mol. The van der Waals surface area contributed by atoms with Gasteiger partial charge in [0.15, 0.2) is 0 Å². The molecule has 0 spiro atoms. The second kappa shape index (κ2) is 7.45. The zero-order chi connectivity index (χ0) is 14.5. The number of hydrogen-bond acceptors (Lipinski definition) is 1. The number of nitrogens with one attached hydrogen (secondary N) is 1. The quantitative estimate of drug-likeness (QED) is 0.698. The lowest BCUT2D eigenvalue weighted by Gasteiger charge is -2.21. The Labute approximate surface area is 130 Å². The summed E-state index contributed by atoms with van der Waals surface area (Å²) >= 11 is 0. The Hall–Kier alpha value is -0.820. The standard InChI is InChI=1S/C20H31N/c1-2-14-21-20(13-12-16-8-6-7-9-16)19-15-18(19)17-10-4-3-5-11-17/h3-5,10-11,16,18-21H,2,6-9,12-15H2,1H3. The second-order valence-corrected chi connectivity index (χ2v) is 7.21. The zero-order valence-corrected chi connectivity index (χ0v) is 13.6. The number of benzene rings is 1. The molecule has 1 aromatic rings. The van der Waals surface area contributed by atoms with Crippen LogP contribution in [0.4, 0.5) is 0 Å². The van der Waals surface area contributed by atoms with Crippen molar-refractivity contribution in [3.63, 3.8) is 0 Å². The minimum atomic E-state index is 0.760. The van der Waals surface area contributed by atoms with Crippen molar-refractivity contribution in [2.75, 3.05) is 6.54 Å². The van der Waals surface area contributed by atoms with E-state index in [1.54, 1.807) is 5.56 Å². The van der Waals surface area contributed by atoms with Crippen LogP contribution in [0.3, 0.4) is 0 Å². The SMILES string of the molecule is CCCNC(CCC1CCCC1)C1CC1c1ccccc1. The molecule has 2 fully saturated rings. The first kappa shape index (κ1) is 15.1. The average Bonchev–Trinajstić information content (AvgIpc) is 3.15. The molecule has 1 aromatic carbocycles. The van der Waals surface area contributed by atoms with Crippen LogP contribution in [-0.4, -0.2) is 12.6 Å². The van der Waals surface area contributed by atoms with Crippen molar-refractivity contribution < 1.29 is 0 Å². The van der Waals surface area contributed by atoms with Gasteiger partial charge in [0.2, 0.25) is 0 Å². The van der Waals surface area contributed by atoms with E-state index in [1.165, 1.54) is 57.9 Å². The lowest BCUT2D eigenvalue weighted by atomic mass is 9.95. The third-order valence-corrected chi connectivity index (χ3v) is 5.60. The summed E-state index contributed by atoms with van der Waals surface area (Å²) in [4.78, 5) is 0. The van der Waals surface area contributed by atoms with E-state index in [2.05, 4.69) is 42.6 Å². The van der Waals surface area contributed by atoms with Crippen molar-refractivity contribution in [2.45, 2.75) is 70.3 Å². The van der Waals surface area contributed by atoms with Crippen LogP contribution in [0.2, 0.25) is 0 Å². The smallest absolute Gasteiger partial charge is 0.0101 e. The van der Waals surface area contributed by atoms with Gasteiger partial charge in [-0.2, -0.15) is 0 Å². The van der Waals surface area contributed by atoms with Crippen LogP contribution >= 0.6 is 0 Å². The van der Waals surface area contributed by atoms with Gasteiger partial charge >= 0.3 is 0 Å². The van der Waals surface area contributed by atoms with Crippen LogP contribution < -0.4 is 5.32 Å². The fourth-order valence-electron chi connectivity index (χ4n) is 4.25. The maximum absolute atomic E-state index is 3.86. The van der Waals surface area contributed by atoms with E-state index in [0.29, 0.717) is 0 Å². The van der Waals surface area contributed by atoms with Gasteiger partial charge in [-0.25, -0.2) is 0 Å². The highest BCUT2D eigenvalue weighted by molar-refractivity contribution is 5.26. The molecule has 1 N–H and O–H groups in total. The first-order chi connectivity index (χ1) is 10.4. The van der Waals surface area contributed by atoms with E-state index in [1.807, 2.05) is 0 Å². The van der Waals surface area contributed by atoms with Crippen molar-refractivity contribution in [1.29, 1.82) is 0 Å². The van der Waals surface area contributed by atoms with Gasteiger partial charge in [-0.3, -0.25) is 0 Å². The first-order valence-corrected chi connectivity index (χ1v) is 9.16. The molecule has 2 saturated carbocycles. The molecule has 0 heterocycles. The largest absolute Gasteiger partial charge is 0.314 e. The van der Waals surface area contributed by atoms with Crippen molar-refractivity contribution in [1.82, 2.24) is 5.32 Å². The van der Waals surface area contributed by atoms with E-state index >= 15 is 0 Å². The molecule has 3 atom stereocenters. The molecule has 0 amide bonds. The minimum Gasteiger partial charge on any atom is -0.314 e. The Morgan fingerprint density at radius 3 is 2.62 bits per heavy atom. The molecular formula is C20H31N. The molecule has 0 aromatic heterocycles. The van der Waals surface area contributed by atoms with Gasteiger partial charge in [-0.1, -0.05) is 62.9 Å². The summed E-state index contributed by atoms with van der Waals surface area (Å²) in [6.45, 7) is 3.47. The van der Waals surface area contributed by atoms with Crippen molar-refractivity contribution in [3.05, 3.63) is 35.9 Å². The summed E-state index contributed by atoms with van der Waals surface area (Å²) in [5.74, 6) is 2.74. The lowest BCUT2D eigenvalue weighted by molar-refractivity contribution is 0.374. The predicted octanol–water partition coefficient (Wildman–Crippen LogP) is 5.13. The Bertz CT molecular complexity index is 407. The van der Waals surface area contributed by atoms with E-state index < -0.39 is 0 Å². The molecule has 2 aliphatic rings. The van der Waals surface area contributed by atoms with Crippen molar-refractivity contribution in [3.8, 4) is 0 Å². The van der Waals surface area contributed by atoms with E-state index in [9.17, 15) is 0 Å². The maximum atomic E-state index is 3.86. The number of rotatable bonds is 8. The van der Waals surface area contributed by atoms with Gasteiger partial charge < -0.3 is 5.32 Å². The van der Waals surface area contributed by atoms with E-state index in [4.69, 9.17) is 0 Å². The van der Waals surface area contributed by atoms with Crippen LogP contribution in [-0.2, 0) is 0 Å². The number of hydrogen-bond donors (Lipinski definition) is 1.